The minimum absolute atomic E-state index is 0.339. The molecule has 1 saturated heterocycles. The van der Waals surface area contributed by atoms with E-state index in [-0.39, 0.29) is 0 Å². The molecule has 0 aromatic rings. The van der Waals surface area contributed by atoms with Crippen LogP contribution in [-0.2, 0) is 0 Å². The third-order valence-electron chi connectivity index (χ3n) is 3.21. The smallest absolute Gasteiger partial charge is 0.0220 e. The van der Waals surface area contributed by atoms with Crippen LogP contribution in [0.2, 0.25) is 0 Å². The molecule has 2 heteroatoms. The van der Waals surface area contributed by atoms with Gasteiger partial charge in [-0.15, -0.1) is 0 Å². The molecule has 0 radical (unpaired) electrons. The molecule has 2 nitrogen and oxygen atoms in total. The standard InChI is InChI=1S/C10H22N2/c1-8(2)12-6-5-10(3,4)9(11)7-12/h8-9H,5-7,11H2,1-4H3. The van der Waals surface area contributed by atoms with E-state index in [1.165, 1.54) is 13.0 Å². The minimum atomic E-state index is 0.339. The molecule has 0 spiro atoms. The maximum atomic E-state index is 6.10. The van der Waals surface area contributed by atoms with Gasteiger partial charge in [0, 0.05) is 18.6 Å². The van der Waals surface area contributed by atoms with Gasteiger partial charge < -0.3 is 5.73 Å². The van der Waals surface area contributed by atoms with Crippen molar-refractivity contribution < 1.29 is 0 Å². The summed E-state index contributed by atoms with van der Waals surface area (Å²) in [6, 6.07) is 0.987. The quantitative estimate of drug-likeness (QED) is 0.645. The van der Waals surface area contributed by atoms with Crippen LogP contribution in [0.25, 0.3) is 0 Å². The highest BCUT2D eigenvalue weighted by atomic mass is 15.2. The van der Waals surface area contributed by atoms with Crippen molar-refractivity contribution >= 4 is 0 Å². The molecular formula is C10H22N2. The lowest BCUT2D eigenvalue weighted by Crippen LogP contribution is -2.54. The van der Waals surface area contributed by atoms with Gasteiger partial charge in [-0.25, -0.2) is 0 Å². The van der Waals surface area contributed by atoms with E-state index in [0.29, 0.717) is 17.5 Å². The van der Waals surface area contributed by atoms with Gasteiger partial charge in [0.1, 0.15) is 0 Å². The van der Waals surface area contributed by atoms with E-state index in [0.717, 1.165) is 6.54 Å². The van der Waals surface area contributed by atoms with Gasteiger partial charge in [-0.05, 0) is 32.2 Å². The van der Waals surface area contributed by atoms with Crippen molar-refractivity contribution in [1.29, 1.82) is 0 Å². The average Bonchev–Trinajstić information content (AvgIpc) is 1.94. The van der Waals surface area contributed by atoms with Crippen molar-refractivity contribution in [2.45, 2.75) is 46.2 Å². The first-order chi connectivity index (χ1) is 5.43. The molecule has 0 saturated carbocycles. The van der Waals surface area contributed by atoms with Gasteiger partial charge in [-0.1, -0.05) is 13.8 Å². The average molecular weight is 170 g/mol. The van der Waals surface area contributed by atoms with E-state index in [1.807, 2.05) is 0 Å². The van der Waals surface area contributed by atoms with Gasteiger partial charge in [-0.2, -0.15) is 0 Å². The van der Waals surface area contributed by atoms with E-state index in [1.54, 1.807) is 0 Å². The van der Waals surface area contributed by atoms with Gasteiger partial charge in [-0.3, -0.25) is 4.90 Å². The zero-order valence-corrected chi connectivity index (χ0v) is 8.80. The second kappa shape index (κ2) is 3.35. The predicted octanol–water partition coefficient (Wildman–Crippen LogP) is 1.45. The number of nitrogens with two attached hydrogens (primary N) is 1. The van der Waals surface area contributed by atoms with Gasteiger partial charge in [0.05, 0.1) is 0 Å². The zero-order valence-electron chi connectivity index (χ0n) is 8.80. The van der Waals surface area contributed by atoms with E-state index < -0.39 is 0 Å². The van der Waals surface area contributed by atoms with Crippen molar-refractivity contribution in [3.8, 4) is 0 Å². The topological polar surface area (TPSA) is 29.3 Å². The molecule has 1 unspecified atom stereocenters. The van der Waals surface area contributed by atoms with Crippen LogP contribution >= 0.6 is 0 Å². The summed E-state index contributed by atoms with van der Waals surface area (Å²) in [6.45, 7) is 11.3. The second-order valence-corrected chi connectivity index (χ2v) is 4.93. The first-order valence-electron chi connectivity index (χ1n) is 4.93. The Balaban J connectivity index is 2.52. The molecule has 1 aliphatic rings. The van der Waals surface area contributed by atoms with Crippen molar-refractivity contribution in [1.82, 2.24) is 4.90 Å². The highest BCUT2D eigenvalue weighted by Gasteiger charge is 2.33. The van der Waals surface area contributed by atoms with E-state index in [9.17, 15) is 0 Å². The third-order valence-corrected chi connectivity index (χ3v) is 3.21. The lowest BCUT2D eigenvalue weighted by atomic mass is 9.78. The lowest BCUT2D eigenvalue weighted by Gasteiger charge is -2.43. The normalized spacial score (nSPS) is 31.0. The minimum Gasteiger partial charge on any atom is -0.326 e. The van der Waals surface area contributed by atoms with Gasteiger partial charge >= 0.3 is 0 Å². The van der Waals surface area contributed by atoms with Gasteiger partial charge in [0.15, 0.2) is 0 Å². The molecule has 0 aromatic heterocycles. The fraction of sp³-hybridized carbons (Fsp3) is 1.00. The Hall–Kier alpha value is -0.0800. The monoisotopic (exact) mass is 170 g/mol. The summed E-state index contributed by atoms with van der Waals surface area (Å²) in [4.78, 5) is 2.47. The Labute approximate surface area is 76.1 Å². The molecule has 0 amide bonds. The number of hydrogen-bond acceptors (Lipinski definition) is 2. The first kappa shape index (κ1) is 10.0. The number of likely N-dealkylation sites (tertiary alicyclic amines) is 1. The molecule has 1 atom stereocenters. The molecule has 1 rings (SSSR count). The molecule has 1 fully saturated rings. The molecule has 0 aliphatic carbocycles. The molecular weight excluding hydrogens is 148 g/mol. The summed E-state index contributed by atoms with van der Waals surface area (Å²) in [6.07, 6.45) is 1.23. The molecule has 72 valence electrons. The van der Waals surface area contributed by atoms with Crippen LogP contribution in [0, 0.1) is 5.41 Å². The number of hydrogen-bond donors (Lipinski definition) is 1. The van der Waals surface area contributed by atoms with Gasteiger partial charge in [0.2, 0.25) is 0 Å². The summed E-state index contributed by atoms with van der Waals surface area (Å²) < 4.78 is 0. The van der Waals surface area contributed by atoms with E-state index >= 15 is 0 Å². The van der Waals surface area contributed by atoms with Crippen LogP contribution in [-0.4, -0.2) is 30.1 Å². The molecule has 0 bridgehead atoms. The second-order valence-electron chi connectivity index (χ2n) is 4.93. The van der Waals surface area contributed by atoms with Crippen LogP contribution in [0.3, 0.4) is 0 Å². The summed E-state index contributed by atoms with van der Waals surface area (Å²) >= 11 is 0. The molecule has 2 N–H and O–H groups in total. The fourth-order valence-corrected chi connectivity index (χ4v) is 1.68. The summed E-state index contributed by atoms with van der Waals surface area (Å²) in [5.41, 5.74) is 6.44. The number of nitrogens with zero attached hydrogens (tertiary/aromatic N) is 1. The predicted molar refractivity (Wildman–Crippen MR) is 53.1 cm³/mol. The molecule has 1 heterocycles. The van der Waals surface area contributed by atoms with Crippen LogP contribution in [0.4, 0.5) is 0 Å². The lowest BCUT2D eigenvalue weighted by molar-refractivity contribution is 0.0839. The summed E-state index contributed by atoms with van der Waals surface area (Å²) in [7, 11) is 0. The van der Waals surface area contributed by atoms with Crippen molar-refractivity contribution in [3.05, 3.63) is 0 Å². The van der Waals surface area contributed by atoms with E-state index in [4.69, 9.17) is 5.73 Å². The van der Waals surface area contributed by atoms with Gasteiger partial charge in [0.25, 0.3) is 0 Å². The first-order valence-corrected chi connectivity index (χ1v) is 4.93. The third kappa shape index (κ3) is 1.99. The maximum Gasteiger partial charge on any atom is 0.0220 e. The Bertz CT molecular complexity index is 152. The van der Waals surface area contributed by atoms with Crippen molar-refractivity contribution in [3.63, 3.8) is 0 Å². The van der Waals surface area contributed by atoms with E-state index in [2.05, 4.69) is 32.6 Å². The highest BCUT2D eigenvalue weighted by Crippen LogP contribution is 2.29. The van der Waals surface area contributed by atoms with Crippen LogP contribution in [0.1, 0.15) is 34.1 Å². The Morgan fingerprint density at radius 3 is 2.42 bits per heavy atom. The number of rotatable bonds is 1. The molecule has 0 aromatic carbocycles. The summed E-state index contributed by atoms with van der Waals surface area (Å²) in [5, 5.41) is 0. The fourth-order valence-electron chi connectivity index (χ4n) is 1.68. The molecule has 12 heavy (non-hydrogen) atoms. The number of piperidine rings is 1. The van der Waals surface area contributed by atoms with Crippen LogP contribution in [0.15, 0.2) is 0 Å². The van der Waals surface area contributed by atoms with Crippen LogP contribution in [0.5, 0.6) is 0 Å². The SMILES string of the molecule is CC(C)N1CCC(C)(C)C(N)C1. The van der Waals surface area contributed by atoms with Crippen molar-refractivity contribution in [2.24, 2.45) is 11.1 Å². The maximum absolute atomic E-state index is 6.10. The largest absolute Gasteiger partial charge is 0.326 e. The highest BCUT2D eigenvalue weighted by molar-refractivity contribution is 4.90. The Morgan fingerprint density at radius 1 is 1.42 bits per heavy atom. The summed E-state index contributed by atoms with van der Waals surface area (Å²) in [5.74, 6) is 0. The Kier molecular flexibility index (Phi) is 2.79. The zero-order chi connectivity index (χ0) is 9.35. The van der Waals surface area contributed by atoms with Crippen molar-refractivity contribution in [2.75, 3.05) is 13.1 Å². The molecule has 1 aliphatic heterocycles. The Morgan fingerprint density at radius 2 is 2.00 bits per heavy atom. The van der Waals surface area contributed by atoms with Crippen LogP contribution < -0.4 is 5.73 Å².